The molecule has 1 unspecified atom stereocenters. The number of methoxy groups -OCH3 is 1. The minimum absolute atomic E-state index is 0.00795. The highest BCUT2D eigenvalue weighted by Crippen LogP contribution is 2.37. The lowest BCUT2D eigenvalue weighted by atomic mass is 9.92. The van der Waals surface area contributed by atoms with E-state index in [9.17, 15) is 20.0 Å². The number of ether oxygens (including phenoxy) is 1. The van der Waals surface area contributed by atoms with E-state index in [2.05, 4.69) is 26.8 Å². The van der Waals surface area contributed by atoms with Crippen molar-refractivity contribution in [3.8, 4) is 22.9 Å². The molecule has 0 aliphatic carbocycles. The summed E-state index contributed by atoms with van der Waals surface area (Å²) in [5.74, 6) is 0.524. The van der Waals surface area contributed by atoms with Crippen LogP contribution < -0.4 is 20.3 Å². The van der Waals surface area contributed by atoms with Gasteiger partial charge in [-0.05, 0) is 61.2 Å². The van der Waals surface area contributed by atoms with Crippen molar-refractivity contribution >= 4 is 28.9 Å². The Morgan fingerprint density at radius 2 is 1.98 bits per heavy atom. The summed E-state index contributed by atoms with van der Waals surface area (Å²) in [7, 11) is 1.61. The molecule has 4 heterocycles. The molecule has 1 atom stereocenters. The number of pyridine rings is 1. The maximum Gasteiger partial charge on any atom is 0.404 e. The van der Waals surface area contributed by atoms with E-state index < -0.39 is 23.2 Å². The van der Waals surface area contributed by atoms with E-state index in [1.54, 1.807) is 50.0 Å². The molecule has 1 aliphatic rings. The Labute approximate surface area is 274 Å². The number of amides is 2. The Morgan fingerprint density at radius 3 is 2.69 bits per heavy atom. The SMILES string of the molecule is COc1ccc(Cn2nc(N3CCC(NC(=O)O)C3)c3c(-c4ccc(CNC(=O)c5cc(C(C)(C)C#N)on5)c(F)c4)ccnc32)cc1. The van der Waals surface area contributed by atoms with Crippen LogP contribution >= 0.6 is 0 Å². The lowest BCUT2D eigenvalue weighted by Gasteiger charge is -2.17. The summed E-state index contributed by atoms with van der Waals surface area (Å²) in [5.41, 5.74) is 2.15. The second-order valence-corrected chi connectivity index (χ2v) is 12.1. The molecule has 2 aromatic carbocycles. The van der Waals surface area contributed by atoms with Crippen molar-refractivity contribution in [2.45, 2.75) is 44.8 Å². The molecule has 0 radical (unpaired) electrons. The van der Waals surface area contributed by atoms with Crippen LogP contribution in [0.4, 0.5) is 15.0 Å². The van der Waals surface area contributed by atoms with Crippen molar-refractivity contribution in [1.82, 2.24) is 30.6 Å². The summed E-state index contributed by atoms with van der Waals surface area (Å²) in [4.78, 5) is 30.7. The van der Waals surface area contributed by atoms with Gasteiger partial charge in [-0.3, -0.25) is 4.79 Å². The third kappa shape index (κ3) is 6.48. The third-order valence-electron chi connectivity index (χ3n) is 8.36. The van der Waals surface area contributed by atoms with E-state index in [4.69, 9.17) is 14.4 Å². The van der Waals surface area contributed by atoms with Gasteiger partial charge in [0.05, 0.1) is 31.2 Å². The van der Waals surface area contributed by atoms with Crippen molar-refractivity contribution in [2.75, 3.05) is 25.1 Å². The van der Waals surface area contributed by atoms with Crippen LogP contribution in [-0.4, -0.2) is 63.3 Å². The van der Waals surface area contributed by atoms with Crippen molar-refractivity contribution in [3.63, 3.8) is 0 Å². The second-order valence-electron chi connectivity index (χ2n) is 12.1. The van der Waals surface area contributed by atoms with E-state index in [1.807, 2.05) is 29.2 Å². The van der Waals surface area contributed by atoms with Gasteiger partial charge < -0.3 is 29.9 Å². The molecule has 2 amide bonds. The first-order chi connectivity index (χ1) is 23.1. The molecule has 48 heavy (non-hydrogen) atoms. The molecular weight excluding hydrogens is 619 g/mol. The molecule has 1 aliphatic heterocycles. The summed E-state index contributed by atoms with van der Waals surface area (Å²) in [6.45, 7) is 4.60. The van der Waals surface area contributed by atoms with Crippen molar-refractivity contribution in [1.29, 1.82) is 5.26 Å². The van der Waals surface area contributed by atoms with Gasteiger partial charge in [0.2, 0.25) is 0 Å². The molecule has 246 valence electrons. The Morgan fingerprint density at radius 1 is 1.19 bits per heavy atom. The number of carboxylic acid groups (broad SMARTS) is 1. The molecule has 13 nitrogen and oxygen atoms in total. The molecule has 3 N–H and O–H groups in total. The first-order valence-corrected chi connectivity index (χ1v) is 15.2. The molecule has 3 aromatic heterocycles. The third-order valence-corrected chi connectivity index (χ3v) is 8.36. The van der Waals surface area contributed by atoms with Crippen LogP contribution in [0.15, 0.2) is 65.3 Å². The predicted molar refractivity (Wildman–Crippen MR) is 173 cm³/mol. The minimum atomic E-state index is -1.08. The standard InChI is InChI=1S/C34H33FN8O5/c1-34(2,19-36)28-15-27(41-48-28)32(44)38-16-22-7-6-21(14-26(22)35)25-10-12-37-30-29(25)31(42-13-11-23(18-42)39-33(45)46)40-43(30)17-20-4-8-24(47-3)9-5-20/h4-10,12,14-15,23,39H,11,13,16-18H2,1-3H3,(H,38,44)(H,45,46). The van der Waals surface area contributed by atoms with Gasteiger partial charge in [-0.25, -0.2) is 18.9 Å². The summed E-state index contributed by atoms with van der Waals surface area (Å²) in [6, 6.07) is 17.4. The quantitative estimate of drug-likeness (QED) is 0.189. The molecule has 0 saturated carbocycles. The number of carbonyl (C=O) groups excluding carboxylic acids is 1. The molecule has 14 heteroatoms. The van der Waals surface area contributed by atoms with Gasteiger partial charge in [0.15, 0.2) is 22.9 Å². The summed E-state index contributed by atoms with van der Waals surface area (Å²) >= 11 is 0. The molecule has 5 aromatic rings. The zero-order valence-corrected chi connectivity index (χ0v) is 26.5. The lowest BCUT2D eigenvalue weighted by molar-refractivity contribution is 0.0941. The van der Waals surface area contributed by atoms with Gasteiger partial charge >= 0.3 is 6.09 Å². The monoisotopic (exact) mass is 652 g/mol. The fourth-order valence-corrected chi connectivity index (χ4v) is 5.66. The Balaban J connectivity index is 1.30. The van der Waals surface area contributed by atoms with Crippen molar-refractivity contribution in [2.24, 2.45) is 0 Å². The van der Waals surface area contributed by atoms with Gasteiger partial charge in [0.1, 0.15) is 17.0 Å². The fourth-order valence-electron chi connectivity index (χ4n) is 5.66. The number of rotatable bonds is 10. The molecule has 6 rings (SSSR count). The largest absolute Gasteiger partial charge is 0.497 e. The molecule has 0 spiro atoms. The Bertz CT molecular complexity index is 2030. The summed E-state index contributed by atoms with van der Waals surface area (Å²) in [5, 5.41) is 33.2. The summed E-state index contributed by atoms with van der Waals surface area (Å²) < 4.78 is 27.8. The van der Waals surface area contributed by atoms with Crippen LogP contribution in [0, 0.1) is 17.1 Å². The molecule has 1 saturated heterocycles. The normalized spacial score (nSPS) is 14.6. The zero-order chi connectivity index (χ0) is 34.0. The number of nitrogens with one attached hydrogen (secondary N) is 2. The first kappa shape index (κ1) is 32.0. The zero-order valence-electron chi connectivity index (χ0n) is 26.5. The number of benzene rings is 2. The molecular formula is C34H33FN8O5. The Kier molecular flexibility index (Phi) is 8.68. The highest BCUT2D eigenvalue weighted by Gasteiger charge is 2.30. The van der Waals surface area contributed by atoms with Crippen LogP contribution in [0.5, 0.6) is 5.75 Å². The highest BCUT2D eigenvalue weighted by molar-refractivity contribution is 6.01. The fraction of sp³-hybridized carbons (Fsp3) is 0.294. The Hall–Kier alpha value is -5.97. The van der Waals surface area contributed by atoms with Gasteiger partial charge in [-0.15, -0.1) is 0 Å². The summed E-state index contributed by atoms with van der Waals surface area (Å²) in [6.07, 6.45) is 1.17. The highest BCUT2D eigenvalue weighted by atomic mass is 19.1. The number of halogens is 1. The maximum absolute atomic E-state index is 15.6. The number of nitriles is 1. The number of hydrogen-bond acceptors (Lipinski definition) is 9. The lowest BCUT2D eigenvalue weighted by Crippen LogP contribution is -2.36. The number of anilines is 1. The number of carbonyl (C=O) groups is 2. The average Bonchev–Trinajstić information content (AvgIpc) is 3.84. The maximum atomic E-state index is 15.6. The van der Waals surface area contributed by atoms with Gasteiger partial charge in [0, 0.05) is 37.5 Å². The number of aromatic nitrogens is 4. The van der Waals surface area contributed by atoms with Crippen LogP contribution in [-0.2, 0) is 18.5 Å². The van der Waals surface area contributed by atoms with Crippen LogP contribution in [0.25, 0.3) is 22.2 Å². The van der Waals surface area contributed by atoms with E-state index in [0.29, 0.717) is 54.0 Å². The topological polar surface area (TPSA) is 171 Å². The number of hydrogen-bond donors (Lipinski definition) is 3. The smallest absolute Gasteiger partial charge is 0.404 e. The van der Waals surface area contributed by atoms with E-state index >= 15 is 4.39 Å². The van der Waals surface area contributed by atoms with Crippen LogP contribution in [0.2, 0.25) is 0 Å². The molecule has 1 fully saturated rings. The average molecular weight is 653 g/mol. The van der Waals surface area contributed by atoms with Gasteiger partial charge in [0.25, 0.3) is 5.91 Å². The van der Waals surface area contributed by atoms with Crippen LogP contribution in [0.1, 0.15) is 47.6 Å². The van der Waals surface area contributed by atoms with Gasteiger partial charge in [-0.1, -0.05) is 29.4 Å². The van der Waals surface area contributed by atoms with Gasteiger partial charge in [-0.2, -0.15) is 10.4 Å². The first-order valence-electron chi connectivity index (χ1n) is 15.2. The van der Waals surface area contributed by atoms with Crippen molar-refractivity contribution in [3.05, 3.63) is 89.2 Å². The van der Waals surface area contributed by atoms with Crippen molar-refractivity contribution < 1.29 is 28.3 Å². The predicted octanol–water partition coefficient (Wildman–Crippen LogP) is 4.86. The van der Waals surface area contributed by atoms with E-state index in [1.165, 1.54) is 12.1 Å². The molecule has 0 bridgehead atoms. The minimum Gasteiger partial charge on any atom is -0.497 e. The van der Waals surface area contributed by atoms with Crippen LogP contribution in [0.3, 0.4) is 0 Å². The van der Waals surface area contributed by atoms with E-state index in [-0.39, 0.29) is 29.6 Å². The number of fused-ring (bicyclic) bond motifs is 1. The van der Waals surface area contributed by atoms with E-state index in [0.717, 1.165) is 11.3 Å². The number of nitrogens with zero attached hydrogens (tertiary/aromatic N) is 6. The second kappa shape index (κ2) is 13.0.